The highest BCUT2D eigenvalue weighted by atomic mass is 32.1. The fourth-order valence-corrected chi connectivity index (χ4v) is 5.29. The first-order valence-electron chi connectivity index (χ1n) is 8.33. The van der Waals surface area contributed by atoms with Crippen molar-refractivity contribution in [1.29, 1.82) is 0 Å². The Morgan fingerprint density at radius 1 is 1.33 bits per heavy atom. The third-order valence-electron chi connectivity index (χ3n) is 5.17. The highest BCUT2D eigenvalue weighted by Crippen LogP contribution is 2.45. The number of hydrogen-bond donors (Lipinski definition) is 1. The van der Waals surface area contributed by atoms with Gasteiger partial charge in [0.15, 0.2) is 5.13 Å². The van der Waals surface area contributed by atoms with Crippen molar-refractivity contribution in [1.82, 2.24) is 10.3 Å². The van der Waals surface area contributed by atoms with E-state index in [-0.39, 0.29) is 0 Å². The zero-order chi connectivity index (χ0) is 15.2. The van der Waals surface area contributed by atoms with Gasteiger partial charge in [-0.2, -0.15) is 0 Å². The first kappa shape index (κ1) is 15.3. The van der Waals surface area contributed by atoms with Crippen LogP contribution in [0.1, 0.15) is 63.6 Å². The van der Waals surface area contributed by atoms with Gasteiger partial charge in [-0.1, -0.05) is 32.1 Å². The van der Waals surface area contributed by atoms with E-state index in [2.05, 4.69) is 45.0 Å². The number of hydrogen-bond acceptors (Lipinski definition) is 4. The SMILES string of the molecule is CNC1CC(C)(C)Cc2nc(N3CCC(C)CC3C)sc21. The minimum absolute atomic E-state index is 0.355. The van der Waals surface area contributed by atoms with Gasteiger partial charge in [-0.3, -0.25) is 0 Å². The van der Waals surface area contributed by atoms with Gasteiger partial charge in [-0.05, 0) is 51.0 Å². The van der Waals surface area contributed by atoms with Crippen LogP contribution in [0.3, 0.4) is 0 Å². The molecule has 0 amide bonds. The number of thiazole rings is 1. The van der Waals surface area contributed by atoms with Crippen LogP contribution in [-0.4, -0.2) is 24.6 Å². The number of rotatable bonds is 2. The number of aromatic nitrogens is 1. The van der Waals surface area contributed by atoms with Gasteiger partial charge in [-0.15, -0.1) is 0 Å². The fraction of sp³-hybridized carbons (Fsp3) is 0.824. The average molecular weight is 308 g/mol. The molecular formula is C17H29N3S. The molecule has 21 heavy (non-hydrogen) atoms. The topological polar surface area (TPSA) is 28.2 Å². The van der Waals surface area contributed by atoms with Crippen LogP contribution in [0.4, 0.5) is 5.13 Å². The molecule has 4 heteroatoms. The molecule has 0 aromatic carbocycles. The molecule has 2 heterocycles. The van der Waals surface area contributed by atoms with E-state index in [1.807, 2.05) is 11.3 Å². The van der Waals surface area contributed by atoms with Gasteiger partial charge >= 0.3 is 0 Å². The van der Waals surface area contributed by atoms with Gasteiger partial charge in [0, 0.05) is 23.5 Å². The van der Waals surface area contributed by atoms with Crippen LogP contribution in [0.15, 0.2) is 0 Å². The van der Waals surface area contributed by atoms with E-state index in [1.165, 1.54) is 41.5 Å². The zero-order valence-electron chi connectivity index (χ0n) is 14.1. The Labute approximate surface area is 133 Å². The van der Waals surface area contributed by atoms with Gasteiger partial charge in [0.2, 0.25) is 0 Å². The number of anilines is 1. The molecular weight excluding hydrogens is 278 g/mol. The van der Waals surface area contributed by atoms with Crippen molar-refractivity contribution < 1.29 is 0 Å². The Morgan fingerprint density at radius 2 is 2.10 bits per heavy atom. The van der Waals surface area contributed by atoms with Gasteiger partial charge in [0.25, 0.3) is 0 Å². The normalized spacial score (nSPS) is 32.0. The second-order valence-corrected chi connectivity index (χ2v) is 8.87. The lowest BCUT2D eigenvalue weighted by Crippen LogP contribution is -2.40. The summed E-state index contributed by atoms with van der Waals surface area (Å²) in [6, 6.07) is 1.11. The molecule has 3 atom stereocenters. The Morgan fingerprint density at radius 3 is 2.76 bits per heavy atom. The van der Waals surface area contributed by atoms with Crippen LogP contribution < -0.4 is 10.2 Å². The third-order valence-corrected chi connectivity index (χ3v) is 6.42. The Kier molecular flexibility index (Phi) is 4.04. The molecule has 1 aromatic rings. The first-order chi connectivity index (χ1) is 9.89. The largest absolute Gasteiger partial charge is 0.345 e. The second kappa shape index (κ2) is 5.54. The molecule has 3 nitrogen and oxygen atoms in total. The van der Waals surface area contributed by atoms with E-state index in [0.717, 1.165) is 12.3 Å². The lowest BCUT2D eigenvalue weighted by Gasteiger charge is -2.36. The molecule has 3 unspecified atom stereocenters. The second-order valence-electron chi connectivity index (χ2n) is 7.87. The number of piperidine rings is 1. The van der Waals surface area contributed by atoms with Crippen LogP contribution >= 0.6 is 11.3 Å². The smallest absolute Gasteiger partial charge is 0.186 e. The molecule has 3 rings (SSSR count). The fourth-order valence-electron chi connectivity index (χ4n) is 3.97. The van der Waals surface area contributed by atoms with Crippen LogP contribution in [-0.2, 0) is 6.42 Å². The summed E-state index contributed by atoms with van der Waals surface area (Å²) < 4.78 is 0. The Balaban J connectivity index is 1.88. The summed E-state index contributed by atoms with van der Waals surface area (Å²) in [6.07, 6.45) is 4.93. The molecule has 0 bridgehead atoms. The summed E-state index contributed by atoms with van der Waals surface area (Å²) in [7, 11) is 2.08. The molecule has 1 saturated heterocycles. The maximum atomic E-state index is 5.05. The summed E-state index contributed by atoms with van der Waals surface area (Å²) in [4.78, 5) is 9.08. The molecule has 0 radical (unpaired) electrons. The summed E-state index contributed by atoms with van der Waals surface area (Å²) in [5.41, 5.74) is 1.70. The lowest BCUT2D eigenvalue weighted by molar-refractivity contribution is 0.265. The molecule has 0 spiro atoms. The van der Waals surface area contributed by atoms with Crippen LogP contribution in [0.2, 0.25) is 0 Å². The van der Waals surface area contributed by atoms with Gasteiger partial charge in [0.05, 0.1) is 5.69 Å². The molecule has 1 aliphatic heterocycles. The van der Waals surface area contributed by atoms with Gasteiger partial charge in [-0.25, -0.2) is 4.98 Å². The molecule has 0 saturated carbocycles. The minimum Gasteiger partial charge on any atom is -0.345 e. The number of nitrogens with zero attached hydrogens (tertiary/aromatic N) is 2. The predicted molar refractivity (Wildman–Crippen MR) is 91.2 cm³/mol. The predicted octanol–water partition coefficient (Wildman–Crippen LogP) is 4.00. The molecule has 1 fully saturated rings. The standard InChI is InChI=1S/C17H29N3S/c1-11-6-7-20(12(2)8-11)16-19-14-10-17(3,4)9-13(18-5)15(14)21-16/h11-13,18H,6-10H2,1-5H3. The zero-order valence-corrected chi connectivity index (χ0v) is 14.9. The van der Waals surface area contributed by atoms with Crippen molar-refractivity contribution in [3.63, 3.8) is 0 Å². The first-order valence-corrected chi connectivity index (χ1v) is 9.15. The Hall–Kier alpha value is -0.610. The van der Waals surface area contributed by atoms with E-state index in [4.69, 9.17) is 4.98 Å². The molecule has 1 aromatic heterocycles. The lowest BCUT2D eigenvalue weighted by atomic mass is 9.76. The van der Waals surface area contributed by atoms with Gasteiger partial charge < -0.3 is 10.2 Å². The molecule has 1 N–H and O–H groups in total. The highest BCUT2D eigenvalue weighted by Gasteiger charge is 2.36. The maximum Gasteiger partial charge on any atom is 0.186 e. The maximum absolute atomic E-state index is 5.05. The Bertz CT molecular complexity index is 508. The number of nitrogens with one attached hydrogen (secondary N) is 1. The quantitative estimate of drug-likeness (QED) is 0.895. The molecule has 2 aliphatic rings. The van der Waals surface area contributed by atoms with Crippen molar-refractivity contribution in [3.05, 3.63) is 10.6 Å². The summed E-state index contributed by atoms with van der Waals surface area (Å²) >= 11 is 1.93. The summed E-state index contributed by atoms with van der Waals surface area (Å²) in [6.45, 7) is 10.6. The van der Waals surface area contributed by atoms with E-state index in [1.54, 1.807) is 0 Å². The van der Waals surface area contributed by atoms with Crippen molar-refractivity contribution >= 4 is 16.5 Å². The molecule has 118 valence electrons. The van der Waals surface area contributed by atoms with E-state index in [0.29, 0.717) is 17.5 Å². The van der Waals surface area contributed by atoms with Crippen molar-refractivity contribution in [2.24, 2.45) is 11.3 Å². The van der Waals surface area contributed by atoms with Crippen molar-refractivity contribution in [2.45, 2.75) is 65.5 Å². The van der Waals surface area contributed by atoms with E-state index in [9.17, 15) is 0 Å². The monoisotopic (exact) mass is 307 g/mol. The van der Waals surface area contributed by atoms with Crippen LogP contribution in [0.25, 0.3) is 0 Å². The summed E-state index contributed by atoms with van der Waals surface area (Å²) in [5, 5.41) is 4.76. The molecule has 1 aliphatic carbocycles. The summed E-state index contributed by atoms with van der Waals surface area (Å²) in [5.74, 6) is 0.856. The van der Waals surface area contributed by atoms with E-state index >= 15 is 0 Å². The van der Waals surface area contributed by atoms with E-state index < -0.39 is 0 Å². The highest BCUT2D eigenvalue weighted by molar-refractivity contribution is 7.15. The van der Waals surface area contributed by atoms with Crippen molar-refractivity contribution in [3.8, 4) is 0 Å². The number of fused-ring (bicyclic) bond motifs is 1. The minimum atomic E-state index is 0.355. The van der Waals surface area contributed by atoms with Crippen LogP contribution in [0, 0.1) is 11.3 Å². The van der Waals surface area contributed by atoms with Gasteiger partial charge in [0.1, 0.15) is 0 Å². The third kappa shape index (κ3) is 2.98. The average Bonchev–Trinajstić information content (AvgIpc) is 2.79. The van der Waals surface area contributed by atoms with Crippen LogP contribution in [0.5, 0.6) is 0 Å². The van der Waals surface area contributed by atoms with Crippen molar-refractivity contribution in [2.75, 3.05) is 18.5 Å².